The molecule has 0 atom stereocenters. The third kappa shape index (κ3) is 8.20. The van der Waals surface area contributed by atoms with E-state index < -0.39 is 0 Å². The highest BCUT2D eigenvalue weighted by Crippen LogP contribution is 2.01. The van der Waals surface area contributed by atoms with E-state index in [9.17, 15) is 0 Å². The predicted molar refractivity (Wildman–Crippen MR) is 75.8 cm³/mol. The molecule has 1 rings (SSSR count). The van der Waals surface area contributed by atoms with Crippen LogP contribution in [-0.4, -0.2) is 31.3 Å². The Labute approximate surface area is 111 Å². The van der Waals surface area contributed by atoms with E-state index in [0.29, 0.717) is 0 Å². The Morgan fingerprint density at radius 2 is 1.83 bits per heavy atom. The van der Waals surface area contributed by atoms with Gasteiger partial charge in [-0.1, -0.05) is 6.92 Å². The van der Waals surface area contributed by atoms with Gasteiger partial charge in [0.05, 0.1) is 0 Å². The van der Waals surface area contributed by atoms with Crippen molar-refractivity contribution in [3.05, 3.63) is 30.1 Å². The van der Waals surface area contributed by atoms with Gasteiger partial charge in [-0.05, 0) is 62.9 Å². The average Bonchev–Trinajstić information content (AvgIpc) is 2.42. The molecule has 0 amide bonds. The highest BCUT2D eigenvalue weighted by molar-refractivity contribution is 5.09. The smallest absolute Gasteiger partial charge is 0.0469 e. The fourth-order valence-electron chi connectivity index (χ4n) is 1.79. The van der Waals surface area contributed by atoms with Crippen LogP contribution in [0.4, 0.5) is 0 Å². The number of ether oxygens (including phenoxy) is 1. The summed E-state index contributed by atoms with van der Waals surface area (Å²) in [6.45, 7) is 6.20. The molecule has 0 saturated carbocycles. The second kappa shape index (κ2) is 11.2. The van der Waals surface area contributed by atoms with E-state index >= 15 is 0 Å². The highest BCUT2D eigenvalue weighted by atomic mass is 16.5. The van der Waals surface area contributed by atoms with Crippen LogP contribution in [-0.2, 0) is 11.2 Å². The summed E-state index contributed by atoms with van der Waals surface area (Å²) in [5, 5.41) is 3.40. The lowest BCUT2D eigenvalue weighted by molar-refractivity contribution is 0.128. The second-order valence-corrected chi connectivity index (χ2v) is 4.53. The van der Waals surface area contributed by atoms with E-state index in [0.717, 1.165) is 45.6 Å². The molecule has 1 heterocycles. The summed E-state index contributed by atoms with van der Waals surface area (Å²) in [4.78, 5) is 4.01. The van der Waals surface area contributed by atoms with Gasteiger partial charge in [0.2, 0.25) is 0 Å². The van der Waals surface area contributed by atoms with Crippen molar-refractivity contribution in [3.8, 4) is 0 Å². The van der Waals surface area contributed by atoms with Gasteiger partial charge in [-0.3, -0.25) is 4.98 Å². The molecule has 18 heavy (non-hydrogen) atoms. The van der Waals surface area contributed by atoms with Crippen molar-refractivity contribution in [3.63, 3.8) is 0 Å². The standard InChI is InChI=1S/C15H26N2O/c1-2-9-16-10-3-4-13-18-14-5-6-15-7-11-17-12-8-15/h7-8,11-12,16H,2-6,9-10,13-14H2,1H3. The molecule has 1 N–H and O–H groups in total. The Morgan fingerprint density at radius 3 is 2.61 bits per heavy atom. The molecule has 0 aliphatic rings. The molecule has 0 saturated heterocycles. The first kappa shape index (κ1) is 15.1. The average molecular weight is 250 g/mol. The van der Waals surface area contributed by atoms with Crippen molar-refractivity contribution < 1.29 is 4.74 Å². The Morgan fingerprint density at radius 1 is 1.06 bits per heavy atom. The SMILES string of the molecule is CCCNCCCCOCCCc1ccncc1. The number of nitrogens with one attached hydrogen (secondary N) is 1. The molecule has 0 spiro atoms. The summed E-state index contributed by atoms with van der Waals surface area (Å²) in [5.41, 5.74) is 1.34. The molecule has 0 unspecified atom stereocenters. The van der Waals surface area contributed by atoms with Crippen LogP contribution in [0.25, 0.3) is 0 Å². The van der Waals surface area contributed by atoms with Gasteiger partial charge in [-0.25, -0.2) is 0 Å². The van der Waals surface area contributed by atoms with E-state index in [1.165, 1.54) is 18.4 Å². The van der Waals surface area contributed by atoms with Crippen LogP contribution in [0, 0.1) is 0 Å². The maximum absolute atomic E-state index is 5.62. The molecule has 0 bridgehead atoms. The normalized spacial score (nSPS) is 10.7. The van der Waals surface area contributed by atoms with Gasteiger partial charge in [0.15, 0.2) is 0 Å². The molecule has 3 nitrogen and oxygen atoms in total. The topological polar surface area (TPSA) is 34.1 Å². The molecular weight excluding hydrogens is 224 g/mol. The lowest BCUT2D eigenvalue weighted by Crippen LogP contribution is -2.16. The van der Waals surface area contributed by atoms with Crippen LogP contribution >= 0.6 is 0 Å². The van der Waals surface area contributed by atoms with Crippen molar-refractivity contribution in [2.45, 2.75) is 39.0 Å². The van der Waals surface area contributed by atoms with Crippen LogP contribution in [0.1, 0.15) is 38.2 Å². The van der Waals surface area contributed by atoms with Gasteiger partial charge < -0.3 is 10.1 Å². The molecule has 0 aromatic carbocycles. The summed E-state index contributed by atoms with van der Waals surface area (Å²) < 4.78 is 5.62. The Balaban J connectivity index is 1.82. The van der Waals surface area contributed by atoms with Gasteiger partial charge in [0.25, 0.3) is 0 Å². The predicted octanol–water partition coefficient (Wildman–Crippen LogP) is 2.81. The number of nitrogens with zero attached hydrogens (tertiary/aromatic N) is 1. The van der Waals surface area contributed by atoms with E-state index in [-0.39, 0.29) is 0 Å². The Kier molecular flexibility index (Phi) is 9.39. The van der Waals surface area contributed by atoms with Crippen molar-refractivity contribution in [2.75, 3.05) is 26.3 Å². The summed E-state index contributed by atoms with van der Waals surface area (Å²) in [7, 11) is 0. The van der Waals surface area contributed by atoms with Crippen LogP contribution in [0.5, 0.6) is 0 Å². The van der Waals surface area contributed by atoms with Crippen molar-refractivity contribution >= 4 is 0 Å². The van der Waals surface area contributed by atoms with E-state index in [4.69, 9.17) is 4.74 Å². The zero-order chi connectivity index (χ0) is 12.9. The van der Waals surface area contributed by atoms with Crippen molar-refractivity contribution in [2.24, 2.45) is 0 Å². The number of hydrogen-bond acceptors (Lipinski definition) is 3. The number of aromatic nitrogens is 1. The Hall–Kier alpha value is -0.930. The maximum Gasteiger partial charge on any atom is 0.0469 e. The largest absolute Gasteiger partial charge is 0.381 e. The van der Waals surface area contributed by atoms with Crippen LogP contribution in [0.15, 0.2) is 24.5 Å². The number of pyridine rings is 1. The van der Waals surface area contributed by atoms with Gasteiger partial charge in [-0.15, -0.1) is 0 Å². The van der Waals surface area contributed by atoms with Crippen molar-refractivity contribution in [1.82, 2.24) is 10.3 Å². The lowest BCUT2D eigenvalue weighted by Gasteiger charge is -2.05. The third-order valence-electron chi connectivity index (χ3n) is 2.82. The van der Waals surface area contributed by atoms with Gasteiger partial charge in [0, 0.05) is 25.6 Å². The molecule has 1 aromatic heterocycles. The second-order valence-electron chi connectivity index (χ2n) is 4.53. The molecule has 3 heteroatoms. The number of rotatable bonds is 11. The van der Waals surface area contributed by atoms with Crippen LogP contribution in [0.3, 0.4) is 0 Å². The molecule has 0 aliphatic carbocycles. The van der Waals surface area contributed by atoms with Crippen LogP contribution < -0.4 is 5.32 Å². The van der Waals surface area contributed by atoms with E-state index in [1.54, 1.807) is 0 Å². The van der Waals surface area contributed by atoms with E-state index in [1.807, 2.05) is 12.4 Å². The molecular formula is C15H26N2O. The zero-order valence-electron chi connectivity index (χ0n) is 11.5. The Bertz CT molecular complexity index is 277. The van der Waals surface area contributed by atoms with E-state index in [2.05, 4.69) is 29.4 Å². The minimum Gasteiger partial charge on any atom is -0.381 e. The zero-order valence-corrected chi connectivity index (χ0v) is 11.5. The molecule has 0 radical (unpaired) electrons. The quantitative estimate of drug-likeness (QED) is 0.613. The summed E-state index contributed by atoms with van der Waals surface area (Å²) in [5.74, 6) is 0. The molecule has 0 aliphatic heterocycles. The molecule has 102 valence electrons. The highest BCUT2D eigenvalue weighted by Gasteiger charge is 1.93. The summed E-state index contributed by atoms with van der Waals surface area (Å²) in [6.07, 6.45) is 9.46. The first-order valence-electron chi connectivity index (χ1n) is 7.11. The van der Waals surface area contributed by atoms with Crippen LogP contribution in [0.2, 0.25) is 0 Å². The van der Waals surface area contributed by atoms with Gasteiger partial charge >= 0.3 is 0 Å². The first-order valence-corrected chi connectivity index (χ1v) is 7.11. The minimum absolute atomic E-state index is 0.866. The summed E-state index contributed by atoms with van der Waals surface area (Å²) >= 11 is 0. The molecule has 1 aromatic rings. The third-order valence-corrected chi connectivity index (χ3v) is 2.82. The molecule has 0 fully saturated rings. The van der Waals surface area contributed by atoms with Gasteiger partial charge in [0.1, 0.15) is 0 Å². The fourth-order valence-corrected chi connectivity index (χ4v) is 1.79. The fraction of sp³-hybridized carbons (Fsp3) is 0.667. The van der Waals surface area contributed by atoms with Gasteiger partial charge in [-0.2, -0.15) is 0 Å². The summed E-state index contributed by atoms with van der Waals surface area (Å²) in [6, 6.07) is 4.14. The minimum atomic E-state index is 0.866. The lowest BCUT2D eigenvalue weighted by atomic mass is 10.1. The number of hydrogen-bond donors (Lipinski definition) is 1. The monoisotopic (exact) mass is 250 g/mol. The number of aryl methyl sites for hydroxylation is 1. The number of unbranched alkanes of at least 4 members (excludes halogenated alkanes) is 1. The first-order chi connectivity index (χ1) is 8.93. The van der Waals surface area contributed by atoms with Crippen molar-refractivity contribution in [1.29, 1.82) is 0 Å². The maximum atomic E-state index is 5.62.